The Balaban J connectivity index is 1.42. The van der Waals surface area contributed by atoms with Crippen LogP contribution in [0, 0.1) is 0 Å². The molecule has 0 amide bonds. The van der Waals surface area contributed by atoms with Crippen molar-refractivity contribution in [3.05, 3.63) is 139 Å². The van der Waals surface area contributed by atoms with Gasteiger partial charge >= 0.3 is 0 Å². The Hall–Kier alpha value is 0.390. The van der Waals surface area contributed by atoms with E-state index in [0.29, 0.717) is 9.16 Å². The van der Waals surface area contributed by atoms with E-state index in [2.05, 4.69) is 62.4 Å². The van der Waals surface area contributed by atoms with E-state index in [4.69, 9.17) is 70.0 Å². The molecule has 252 valence electrons. The Kier molecular flexibility index (Phi) is 17.0. The maximum absolute atomic E-state index is 6.57. The highest BCUT2D eigenvalue weighted by atomic mass is 35.5. The summed E-state index contributed by atoms with van der Waals surface area (Å²) in [5.41, 5.74) is 5.17. The molecule has 2 unspecified atom stereocenters. The second-order valence-electron chi connectivity index (χ2n) is 11.5. The molecular weight excluding hydrogens is 796 g/mol. The zero-order valence-corrected chi connectivity index (χ0v) is 35.4. The van der Waals surface area contributed by atoms with Gasteiger partial charge in [0.25, 0.3) is 0 Å². The average Bonchev–Trinajstić information content (AvgIpc) is 3.04. The Bertz CT molecular complexity index is 1400. The average molecular weight is 837 g/mol. The van der Waals surface area contributed by atoms with Crippen LogP contribution in [0.25, 0.3) is 0 Å². The van der Waals surface area contributed by atoms with Gasteiger partial charge in [0.1, 0.15) is 0 Å². The molecule has 0 spiro atoms. The lowest BCUT2D eigenvalue weighted by Crippen LogP contribution is -2.06. The first kappa shape index (κ1) is 40.2. The van der Waals surface area contributed by atoms with Crippen LogP contribution in [0.5, 0.6) is 0 Å². The molecule has 47 heavy (non-hydrogen) atoms. The summed E-state index contributed by atoms with van der Waals surface area (Å²) in [6, 6.07) is 32.8. The SMILES string of the molecule is CC(SC(C)SP(=S)(CCc1ccc(Cl)cc1)CCc1ccc(Cl)cc1)SP(=S)(CCc1ccc(Cl)cc1)CCc1ccc(Cl)cc1. The number of hydrogen-bond donors (Lipinski definition) is 0. The van der Waals surface area contributed by atoms with E-state index in [1.807, 2.05) is 83.1 Å². The first-order chi connectivity index (χ1) is 22.4. The van der Waals surface area contributed by atoms with Gasteiger partial charge in [-0.15, -0.1) is 34.5 Å². The monoisotopic (exact) mass is 834 g/mol. The number of benzene rings is 4. The van der Waals surface area contributed by atoms with Crippen LogP contribution >= 0.6 is 91.4 Å². The number of thioether (sulfide) groups is 1. The number of aryl methyl sites for hydroxylation is 4. The van der Waals surface area contributed by atoms with Gasteiger partial charge in [0, 0.05) is 30.6 Å². The molecule has 0 aromatic heterocycles. The third-order valence-corrected chi connectivity index (χ3v) is 26.7. The van der Waals surface area contributed by atoms with Crippen LogP contribution in [-0.4, -0.2) is 33.8 Å². The topological polar surface area (TPSA) is 0 Å². The molecule has 0 heterocycles. The summed E-state index contributed by atoms with van der Waals surface area (Å²) in [7, 11) is 0. The van der Waals surface area contributed by atoms with Gasteiger partial charge in [0.15, 0.2) is 0 Å². The molecule has 0 fully saturated rings. The standard InChI is InChI=1S/C36H40Cl4P2S5/c1-27(46-41(43,23-19-29-3-11-33(37)12-4-29)24-20-30-5-13-34(38)14-6-30)45-28(2)47-42(44,25-21-31-7-15-35(39)16-8-31)26-22-32-9-17-36(40)18-10-32/h3-18,27-28H,19-26H2,1-2H3. The van der Waals surface area contributed by atoms with E-state index in [1.54, 1.807) is 0 Å². The largest absolute Gasteiger partial charge is 0.133 e. The highest BCUT2D eigenvalue weighted by molar-refractivity contribution is 8.74. The highest BCUT2D eigenvalue weighted by Gasteiger charge is 2.26. The molecule has 11 heteroatoms. The molecule has 0 radical (unpaired) electrons. The van der Waals surface area contributed by atoms with Gasteiger partial charge < -0.3 is 0 Å². The molecule has 4 aromatic rings. The van der Waals surface area contributed by atoms with Crippen LogP contribution in [0.15, 0.2) is 97.1 Å². The van der Waals surface area contributed by atoms with Gasteiger partial charge in [0.2, 0.25) is 0 Å². The second-order valence-corrected chi connectivity index (χ2v) is 33.5. The summed E-state index contributed by atoms with van der Waals surface area (Å²) in [5, 5.41) is -0.402. The molecule has 0 saturated heterocycles. The van der Waals surface area contributed by atoms with Gasteiger partial charge in [-0.2, -0.15) is 0 Å². The molecule has 2 atom stereocenters. The third kappa shape index (κ3) is 14.9. The Morgan fingerprint density at radius 1 is 0.447 bits per heavy atom. The lowest BCUT2D eigenvalue weighted by atomic mass is 10.2. The first-order valence-electron chi connectivity index (χ1n) is 15.5. The molecule has 4 aromatic carbocycles. The summed E-state index contributed by atoms with van der Waals surface area (Å²) >= 11 is 43.9. The van der Waals surface area contributed by atoms with Crippen LogP contribution in [-0.2, 0) is 49.3 Å². The van der Waals surface area contributed by atoms with Crippen molar-refractivity contribution >= 4 is 115 Å². The summed E-state index contributed by atoms with van der Waals surface area (Å²) in [6.07, 6.45) is 7.98. The van der Waals surface area contributed by atoms with Crippen molar-refractivity contribution in [1.29, 1.82) is 0 Å². The third-order valence-electron chi connectivity index (χ3n) is 7.68. The minimum atomic E-state index is -1.74. The van der Waals surface area contributed by atoms with Crippen molar-refractivity contribution in [2.24, 2.45) is 0 Å². The van der Waals surface area contributed by atoms with Crippen molar-refractivity contribution in [1.82, 2.24) is 0 Å². The number of rotatable bonds is 18. The fraction of sp³-hybridized carbons (Fsp3) is 0.333. The van der Waals surface area contributed by atoms with Gasteiger partial charge in [-0.1, -0.05) is 119 Å². The van der Waals surface area contributed by atoms with E-state index in [1.165, 1.54) is 22.3 Å². The fourth-order valence-electron chi connectivity index (χ4n) is 5.10. The minimum absolute atomic E-state index is 0.370. The Morgan fingerprint density at radius 2 is 0.660 bits per heavy atom. The number of hydrogen-bond acceptors (Lipinski definition) is 5. The first-order valence-corrected chi connectivity index (χ1v) is 27.3. The van der Waals surface area contributed by atoms with Crippen molar-refractivity contribution in [2.45, 2.75) is 48.7 Å². The zero-order chi connectivity index (χ0) is 33.9. The van der Waals surface area contributed by atoms with Crippen molar-refractivity contribution in [3.8, 4) is 0 Å². The maximum atomic E-state index is 6.57. The summed E-state index contributed by atoms with van der Waals surface area (Å²) in [6.45, 7) is 4.67. The molecule has 0 saturated carbocycles. The zero-order valence-electron chi connectivity index (χ0n) is 26.5. The van der Waals surface area contributed by atoms with Gasteiger partial charge in [0.05, 0.1) is 9.16 Å². The minimum Gasteiger partial charge on any atom is -0.133 e. The van der Waals surface area contributed by atoms with E-state index in [0.717, 1.165) is 70.4 Å². The van der Waals surface area contributed by atoms with Crippen molar-refractivity contribution < 1.29 is 0 Å². The number of halogens is 4. The molecule has 0 bridgehead atoms. The summed E-state index contributed by atoms with van der Waals surface area (Å²) < 4.78 is 0.740. The van der Waals surface area contributed by atoms with E-state index >= 15 is 0 Å². The Labute approximate surface area is 324 Å². The summed E-state index contributed by atoms with van der Waals surface area (Å²) in [5.74, 6) is 0. The molecule has 4 rings (SSSR count). The van der Waals surface area contributed by atoms with Crippen LogP contribution in [0.2, 0.25) is 20.1 Å². The molecular formula is C36H40Cl4P2S5. The smallest absolute Gasteiger partial charge is 0.0534 e. The fourth-order valence-corrected chi connectivity index (χ4v) is 26.0. The van der Waals surface area contributed by atoms with Gasteiger partial charge in [-0.05, 0) is 135 Å². The lowest BCUT2D eigenvalue weighted by Gasteiger charge is -2.29. The van der Waals surface area contributed by atoms with Crippen LogP contribution in [0.3, 0.4) is 0 Å². The highest BCUT2D eigenvalue weighted by Crippen LogP contribution is 2.66. The quantitative estimate of drug-likeness (QED) is 0.0721. The van der Waals surface area contributed by atoms with E-state index < -0.39 is 10.5 Å². The molecule has 0 N–H and O–H groups in total. The normalized spacial score (nSPS) is 13.4. The van der Waals surface area contributed by atoms with Crippen molar-refractivity contribution in [2.75, 3.05) is 24.6 Å². The van der Waals surface area contributed by atoms with Crippen LogP contribution in [0.1, 0.15) is 36.1 Å². The van der Waals surface area contributed by atoms with Gasteiger partial charge in [-0.25, -0.2) is 0 Å². The molecule has 0 aliphatic rings. The Morgan fingerprint density at radius 3 is 0.872 bits per heavy atom. The van der Waals surface area contributed by atoms with Gasteiger partial charge in [-0.3, -0.25) is 0 Å². The van der Waals surface area contributed by atoms with E-state index in [-0.39, 0.29) is 0 Å². The molecule has 0 nitrogen and oxygen atoms in total. The molecule has 0 aliphatic carbocycles. The maximum Gasteiger partial charge on any atom is 0.0534 e. The van der Waals surface area contributed by atoms with Crippen molar-refractivity contribution in [3.63, 3.8) is 0 Å². The molecule has 0 aliphatic heterocycles. The van der Waals surface area contributed by atoms with Crippen LogP contribution in [0.4, 0.5) is 0 Å². The lowest BCUT2D eigenvalue weighted by molar-refractivity contribution is 1.11. The second kappa shape index (κ2) is 19.8. The summed E-state index contributed by atoms with van der Waals surface area (Å²) in [4.78, 5) is 0. The predicted octanol–water partition coefficient (Wildman–Crippen LogP) is 14.3. The van der Waals surface area contributed by atoms with E-state index in [9.17, 15) is 0 Å². The van der Waals surface area contributed by atoms with Crippen LogP contribution < -0.4 is 0 Å². The predicted molar refractivity (Wildman–Crippen MR) is 230 cm³/mol.